The van der Waals surface area contributed by atoms with Gasteiger partial charge in [-0.15, -0.1) is 10.2 Å². The van der Waals surface area contributed by atoms with Crippen LogP contribution < -0.4 is 10.1 Å². The molecule has 35 heavy (non-hydrogen) atoms. The van der Waals surface area contributed by atoms with Gasteiger partial charge in [0.2, 0.25) is 5.82 Å². The first kappa shape index (κ1) is 24.8. The summed E-state index contributed by atoms with van der Waals surface area (Å²) < 4.78 is 5.88. The molecule has 1 amide bonds. The van der Waals surface area contributed by atoms with Crippen LogP contribution in [0.1, 0.15) is 74.4 Å². The molecule has 0 bridgehead atoms. The van der Waals surface area contributed by atoms with Gasteiger partial charge in [-0.05, 0) is 57.2 Å². The van der Waals surface area contributed by atoms with Gasteiger partial charge in [0.1, 0.15) is 23.7 Å². The smallest absolute Gasteiger partial charge is 0.294 e. The minimum Gasteiger partial charge on any atom is -0.494 e. The Bertz CT molecular complexity index is 1150. The Balaban J connectivity index is 1.40. The number of benzene rings is 1. The number of aromatic nitrogens is 5. The molecule has 0 spiro atoms. The molecule has 1 aromatic carbocycles. The molecule has 0 saturated heterocycles. The Labute approximate surface area is 205 Å². The largest absolute Gasteiger partial charge is 0.494 e. The predicted octanol–water partition coefficient (Wildman–Crippen LogP) is 4.49. The van der Waals surface area contributed by atoms with Crippen LogP contribution in [0.2, 0.25) is 0 Å². The number of aromatic amines is 1. The molecule has 4 rings (SSSR count). The van der Waals surface area contributed by atoms with Gasteiger partial charge in [0.15, 0.2) is 0 Å². The molecule has 9 nitrogen and oxygen atoms in total. The zero-order valence-electron chi connectivity index (χ0n) is 20.7. The van der Waals surface area contributed by atoms with Crippen LogP contribution in [0.4, 0.5) is 5.82 Å². The summed E-state index contributed by atoms with van der Waals surface area (Å²) in [7, 11) is 0. The SMILES string of the molecule is Cc1ccc(OCCCC(C)(C)O)cc1-c1cc(NC(=O)c2nnc(CC3CCCC3)[nH]2)ncn1. The number of hydrogen-bond acceptors (Lipinski definition) is 7. The van der Waals surface area contributed by atoms with E-state index in [-0.39, 0.29) is 11.7 Å². The van der Waals surface area contributed by atoms with Gasteiger partial charge in [0.25, 0.3) is 5.91 Å². The maximum atomic E-state index is 12.7. The maximum Gasteiger partial charge on any atom is 0.294 e. The third-order valence-electron chi connectivity index (χ3n) is 6.30. The van der Waals surface area contributed by atoms with E-state index in [1.165, 1.54) is 32.0 Å². The van der Waals surface area contributed by atoms with E-state index in [4.69, 9.17) is 4.74 Å². The van der Waals surface area contributed by atoms with E-state index < -0.39 is 5.60 Å². The van der Waals surface area contributed by atoms with Crippen LogP contribution in [0.25, 0.3) is 11.3 Å². The number of carbonyl (C=O) groups excluding carboxylic acids is 1. The van der Waals surface area contributed by atoms with Crippen molar-refractivity contribution in [3.63, 3.8) is 0 Å². The molecule has 186 valence electrons. The van der Waals surface area contributed by atoms with Crippen molar-refractivity contribution in [2.75, 3.05) is 11.9 Å². The van der Waals surface area contributed by atoms with Crippen molar-refractivity contribution in [2.24, 2.45) is 5.92 Å². The molecule has 1 aliphatic rings. The fourth-order valence-electron chi connectivity index (χ4n) is 4.39. The van der Waals surface area contributed by atoms with E-state index in [1.54, 1.807) is 19.9 Å². The minimum atomic E-state index is -0.702. The van der Waals surface area contributed by atoms with Crippen LogP contribution in [0.5, 0.6) is 5.75 Å². The van der Waals surface area contributed by atoms with Gasteiger partial charge < -0.3 is 20.1 Å². The van der Waals surface area contributed by atoms with E-state index in [1.807, 2.05) is 25.1 Å². The zero-order chi connectivity index (χ0) is 24.8. The van der Waals surface area contributed by atoms with Crippen LogP contribution in [-0.2, 0) is 6.42 Å². The van der Waals surface area contributed by atoms with Crippen molar-refractivity contribution in [1.29, 1.82) is 0 Å². The highest BCUT2D eigenvalue weighted by atomic mass is 16.5. The molecule has 2 heterocycles. The van der Waals surface area contributed by atoms with Crippen molar-refractivity contribution >= 4 is 11.7 Å². The summed E-state index contributed by atoms with van der Waals surface area (Å²) in [6.45, 7) is 6.09. The molecule has 3 aromatic rings. The summed E-state index contributed by atoms with van der Waals surface area (Å²) in [6.07, 6.45) is 8.60. The molecule has 1 saturated carbocycles. The fourth-order valence-corrected chi connectivity index (χ4v) is 4.39. The Morgan fingerprint density at radius 2 is 2.00 bits per heavy atom. The van der Waals surface area contributed by atoms with Crippen LogP contribution in [0.3, 0.4) is 0 Å². The zero-order valence-corrected chi connectivity index (χ0v) is 20.7. The second-order valence-electron chi connectivity index (χ2n) is 9.96. The van der Waals surface area contributed by atoms with E-state index in [0.29, 0.717) is 30.5 Å². The summed E-state index contributed by atoms with van der Waals surface area (Å²) in [5.41, 5.74) is 1.89. The number of hydrogen-bond donors (Lipinski definition) is 3. The number of H-pyrrole nitrogens is 1. The van der Waals surface area contributed by atoms with Gasteiger partial charge in [-0.2, -0.15) is 0 Å². The highest BCUT2D eigenvalue weighted by Gasteiger charge is 2.19. The van der Waals surface area contributed by atoms with Crippen LogP contribution >= 0.6 is 0 Å². The first-order valence-corrected chi connectivity index (χ1v) is 12.3. The summed E-state index contributed by atoms with van der Waals surface area (Å²) in [4.78, 5) is 24.3. The number of ether oxygens (including phenoxy) is 1. The standard InChI is InChI=1S/C26H34N6O3/c1-17-9-10-19(35-12-6-11-26(2,3)34)14-20(17)21-15-22(28-16-27-21)30-25(33)24-29-23(31-32-24)13-18-7-4-5-8-18/h9-10,14-16,18,34H,4-8,11-13H2,1-3H3,(H,29,31,32)(H,27,28,30,33). The molecule has 1 aliphatic carbocycles. The second kappa shape index (κ2) is 10.9. The molecular weight excluding hydrogens is 444 g/mol. The minimum absolute atomic E-state index is 0.177. The van der Waals surface area contributed by atoms with Gasteiger partial charge in [0, 0.05) is 18.1 Å². The predicted molar refractivity (Wildman–Crippen MR) is 133 cm³/mol. The number of amides is 1. The molecule has 1 fully saturated rings. The molecule has 2 aromatic heterocycles. The second-order valence-corrected chi connectivity index (χ2v) is 9.96. The Hall–Kier alpha value is -3.33. The molecule has 0 aliphatic heterocycles. The molecule has 0 unspecified atom stereocenters. The quantitative estimate of drug-likeness (QED) is 0.367. The third kappa shape index (κ3) is 7.08. The van der Waals surface area contributed by atoms with Crippen molar-refractivity contribution in [1.82, 2.24) is 25.1 Å². The van der Waals surface area contributed by atoms with E-state index in [0.717, 1.165) is 35.5 Å². The number of aliphatic hydroxyl groups is 1. The lowest BCUT2D eigenvalue weighted by Gasteiger charge is -2.17. The fraction of sp³-hybridized carbons (Fsp3) is 0.500. The first-order valence-electron chi connectivity index (χ1n) is 12.3. The van der Waals surface area contributed by atoms with Crippen LogP contribution in [0.15, 0.2) is 30.6 Å². The normalized spacial score (nSPS) is 14.3. The Morgan fingerprint density at radius 1 is 1.20 bits per heavy atom. The average molecular weight is 479 g/mol. The van der Waals surface area contributed by atoms with Gasteiger partial charge in [-0.25, -0.2) is 9.97 Å². The summed E-state index contributed by atoms with van der Waals surface area (Å²) >= 11 is 0. The van der Waals surface area contributed by atoms with Gasteiger partial charge >= 0.3 is 0 Å². The van der Waals surface area contributed by atoms with Crippen molar-refractivity contribution in [3.05, 3.63) is 47.8 Å². The number of nitrogens with one attached hydrogen (secondary N) is 2. The number of anilines is 1. The molecular formula is C26H34N6O3. The number of nitrogens with zero attached hydrogens (tertiary/aromatic N) is 4. The Kier molecular flexibility index (Phi) is 7.75. The Morgan fingerprint density at radius 3 is 2.77 bits per heavy atom. The summed E-state index contributed by atoms with van der Waals surface area (Å²) in [5.74, 6) is 2.26. The lowest BCUT2D eigenvalue weighted by Crippen LogP contribution is -2.19. The molecule has 0 atom stereocenters. The maximum absolute atomic E-state index is 12.7. The van der Waals surface area contributed by atoms with Crippen molar-refractivity contribution in [3.8, 4) is 17.0 Å². The van der Waals surface area contributed by atoms with E-state index >= 15 is 0 Å². The topological polar surface area (TPSA) is 126 Å². The number of aryl methyl sites for hydroxylation is 1. The van der Waals surface area contributed by atoms with Gasteiger partial charge in [0.05, 0.1) is 17.9 Å². The summed E-state index contributed by atoms with van der Waals surface area (Å²) in [6, 6.07) is 7.55. The van der Waals surface area contributed by atoms with E-state index in [2.05, 4.69) is 30.5 Å². The first-order chi connectivity index (χ1) is 16.8. The van der Waals surface area contributed by atoms with Gasteiger partial charge in [-0.3, -0.25) is 4.79 Å². The lowest BCUT2D eigenvalue weighted by atomic mass is 10.0. The average Bonchev–Trinajstić information content (AvgIpc) is 3.50. The molecule has 9 heteroatoms. The van der Waals surface area contributed by atoms with Gasteiger partial charge in [-0.1, -0.05) is 31.7 Å². The van der Waals surface area contributed by atoms with E-state index in [9.17, 15) is 9.90 Å². The van der Waals surface area contributed by atoms with Crippen molar-refractivity contribution < 1.29 is 14.6 Å². The summed E-state index contributed by atoms with van der Waals surface area (Å²) in [5, 5.41) is 20.8. The van der Waals surface area contributed by atoms with Crippen molar-refractivity contribution in [2.45, 2.75) is 71.3 Å². The third-order valence-corrected chi connectivity index (χ3v) is 6.30. The lowest BCUT2D eigenvalue weighted by molar-refractivity contribution is 0.0641. The highest BCUT2D eigenvalue weighted by molar-refractivity contribution is 6.01. The number of carbonyl (C=O) groups is 1. The number of rotatable bonds is 10. The molecule has 0 radical (unpaired) electrons. The van der Waals surface area contributed by atoms with Crippen LogP contribution in [-0.4, -0.2) is 48.4 Å². The molecule has 3 N–H and O–H groups in total. The highest BCUT2D eigenvalue weighted by Crippen LogP contribution is 2.28. The van der Waals surface area contributed by atoms with Crippen LogP contribution in [0, 0.1) is 12.8 Å². The monoisotopic (exact) mass is 478 g/mol.